The number of nitrogens with zero attached hydrogens (tertiary/aromatic N) is 1. The minimum Gasteiger partial charge on any atom is -0.365 e. The van der Waals surface area contributed by atoms with Crippen LogP contribution in [0.1, 0.15) is 45.4 Å². The fraction of sp³-hybridized carbons (Fsp3) is 0.643. The highest BCUT2D eigenvalue weighted by atomic mass is 35.5. The van der Waals surface area contributed by atoms with E-state index in [1.54, 1.807) is 0 Å². The van der Waals surface area contributed by atoms with Gasteiger partial charge in [-0.15, -0.1) is 0 Å². The lowest BCUT2D eigenvalue weighted by molar-refractivity contribution is 0.312. The summed E-state index contributed by atoms with van der Waals surface area (Å²) in [6, 6.07) is 1.62. The number of hydrogen-bond acceptors (Lipinski definition) is 2. The first kappa shape index (κ1) is 13.6. The SMILES string of the molecule is CCC(Nc1ncc(Cl)cc1F)C1CCCCC1. The van der Waals surface area contributed by atoms with E-state index in [2.05, 4.69) is 17.2 Å². The molecule has 1 unspecified atom stereocenters. The van der Waals surface area contributed by atoms with E-state index in [0.717, 1.165) is 6.42 Å². The van der Waals surface area contributed by atoms with Gasteiger partial charge in [0.2, 0.25) is 0 Å². The van der Waals surface area contributed by atoms with Crippen LogP contribution in [0.2, 0.25) is 5.02 Å². The first-order chi connectivity index (χ1) is 8.70. The monoisotopic (exact) mass is 270 g/mol. The molecule has 1 aromatic heterocycles. The second kappa shape index (κ2) is 6.37. The second-order valence-electron chi connectivity index (χ2n) is 5.04. The Labute approximate surface area is 113 Å². The molecule has 1 fully saturated rings. The normalized spacial score (nSPS) is 18.6. The van der Waals surface area contributed by atoms with Gasteiger partial charge in [-0.3, -0.25) is 0 Å². The fourth-order valence-electron chi connectivity index (χ4n) is 2.79. The molecule has 2 nitrogen and oxygen atoms in total. The highest BCUT2D eigenvalue weighted by molar-refractivity contribution is 6.30. The molecule has 0 aliphatic heterocycles. The first-order valence-electron chi connectivity index (χ1n) is 6.78. The molecule has 100 valence electrons. The smallest absolute Gasteiger partial charge is 0.166 e. The van der Waals surface area contributed by atoms with Crippen LogP contribution in [0.25, 0.3) is 0 Å². The van der Waals surface area contributed by atoms with Crippen molar-refractivity contribution < 1.29 is 4.39 Å². The molecule has 4 heteroatoms. The minimum atomic E-state index is -0.364. The van der Waals surface area contributed by atoms with Gasteiger partial charge in [0.15, 0.2) is 11.6 Å². The molecule has 1 atom stereocenters. The molecule has 1 heterocycles. The average molecular weight is 271 g/mol. The van der Waals surface area contributed by atoms with Gasteiger partial charge in [-0.05, 0) is 31.2 Å². The molecule has 1 N–H and O–H groups in total. The van der Waals surface area contributed by atoms with Crippen LogP contribution >= 0.6 is 11.6 Å². The Morgan fingerprint density at radius 1 is 1.44 bits per heavy atom. The maximum absolute atomic E-state index is 13.7. The third-order valence-corrected chi connectivity index (χ3v) is 4.00. The summed E-state index contributed by atoms with van der Waals surface area (Å²) in [5.74, 6) is 0.606. The molecule has 1 aromatic rings. The Kier molecular flexibility index (Phi) is 4.81. The number of nitrogens with one attached hydrogen (secondary N) is 1. The third kappa shape index (κ3) is 3.35. The van der Waals surface area contributed by atoms with Crippen molar-refractivity contribution in [3.8, 4) is 0 Å². The lowest BCUT2D eigenvalue weighted by Gasteiger charge is -2.30. The number of hydrogen-bond donors (Lipinski definition) is 1. The Hall–Kier alpha value is -0.830. The summed E-state index contributed by atoms with van der Waals surface area (Å²) < 4.78 is 13.7. The summed E-state index contributed by atoms with van der Waals surface area (Å²) >= 11 is 5.71. The highest BCUT2D eigenvalue weighted by Crippen LogP contribution is 2.29. The van der Waals surface area contributed by atoms with Crippen LogP contribution in [-0.4, -0.2) is 11.0 Å². The van der Waals surface area contributed by atoms with Gasteiger partial charge in [-0.25, -0.2) is 9.37 Å². The van der Waals surface area contributed by atoms with Gasteiger partial charge in [-0.2, -0.15) is 0 Å². The molecule has 1 aliphatic carbocycles. The van der Waals surface area contributed by atoms with Crippen molar-refractivity contribution >= 4 is 17.4 Å². The lowest BCUT2D eigenvalue weighted by atomic mass is 9.83. The van der Waals surface area contributed by atoms with Crippen LogP contribution in [0.4, 0.5) is 10.2 Å². The van der Waals surface area contributed by atoms with Gasteiger partial charge < -0.3 is 5.32 Å². The van der Waals surface area contributed by atoms with Crippen molar-refractivity contribution in [2.45, 2.75) is 51.5 Å². The molecule has 1 aliphatic rings. The number of pyridine rings is 1. The zero-order valence-electron chi connectivity index (χ0n) is 10.8. The largest absolute Gasteiger partial charge is 0.365 e. The molecule has 1 saturated carbocycles. The minimum absolute atomic E-state index is 0.313. The van der Waals surface area contributed by atoms with Crippen LogP contribution in [0.15, 0.2) is 12.3 Å². The van der Waals surface area contributed by atoms with E-state index in [0.29, 0.717) is 22.8 Å². The maximum Gasteiger partial charge on any atom is 0.166 e. The zero-order valence-corrected chi connectivity index (χ0v) is 11.5. The van der Waals surface area contributed by atoms with Crippen molar-refractivity contribution in [3.63, 3.8) is 0 Å². The van der Waals surface area contributed by atoms with E-state index in [-0.39, 0.29) is 5.82 Å². The molecular formula is C14H20ClFN2. The van der Waals surface area contributed by atoms with Crippen molar-refractivity contribution in [1.82, 2.24) is 4.98 Å². The summed E-state index contributed by atoms with van der Waals surface area (Å²) in [7, 11) is 0. The molecular weight excluding hydrogens is 251 g/mol. The molecule has 0 amide bonds. The lowest BCUT2D eigenvalue weighted by Crippen LogP contribution is -2.30. The summed E-state index contributed by atoms with van der Waals surface area (Å²) in [6.45, 7) is 2.14. The van der Waals surface area contributed by atoms with Gasteiger partial charge in [0.05, 0.1) is 5.02 Å². The third-order valence-electron chi connectivity index (χ3n) is 3.79. The summed E-state index contributed by atoms with van der Waals surface area (Å²) in [4.78, 5) is 4.04. The maximum atomic E-state index is 13.7. The molecule has 0 radical (unpaired) electrons. The molecule has 0 saturated heterocycles. The van der Waals surface area contributed by atoms with Crippen molar-refractivity contribution in [1.29, 1.82) is 0 Å². The molecule has 0 spiro atoms. The van der Waals surface area contributed by atoms with E-state index in [1.807, 2.05) is 0 Å². The Morgan fingerprint density at radius 3 is 2.78 bits per heavy atom. The van der Waals surface area contributed by atoms with Gasteiger partial charge in [0.25, 0.3) is 0 Å². The van der Waals surface area contributed by atoms with E-state index < -0.39 is 0 Å². The molecule has 2 rings (SSSR count). The standard InChI is InChI=1S/C14H20ClFN2/c1-2-13(10-6-4-3-5-7-10)18-14-12(16)8-11(15)9-17-14/h8-10,13H,2-7H2,1H3,(H,17,18). The van der Waals surface area contributed by atoms with Crippen LogP contribution in [0.3, 0.4) is 0 Å². The van der Waals surface area contributed by atoms with Crippen LogP contribution in [-0.2, 0) is 0 Å². The summed E-state index contributed by atoms with van der Waals surface area (Å²) in [6.07, 6.45) is 8.87. The van der Waals surface area contributed by atoms with Gasteiger partial charge >= 0.3 is 0 Å². The van der Waals surface area contributed by atoms with Crippen molar-refractivity contribution in [3.05, 3.63) is 23.1 Å². The van der Waals surface area contributed by atoms with Crippen LogP contribution < -0.4 is 5.32 Å². The summed E-state index contributed by atoms with van der Waals surface area (Å²) in [5.41, 5.74) is 0. The van der Waals surface area contributed by atoms with Crippen molar-refractivity contribution in [2.75, 3.05) is 5.32 Å². The van der Waals surface area contributed by atoms with E-state index in [1.165, 1.54) is 44.4 Å². The first-order valence-corrected chi connectivity index (χ1v) is 7.16. The van der Waals surface area contributed by atoms with Crippen molar-refractivity contribution in [2.24, 2.45) is 5.92 Å². The van der Waals surface area contributed by atoms with Gasteiger partial charge in [0, 0.05) is 12.2 Å². The molecule has 18 heavy (non-hydrogen) atoms. The Bertz CT molecular complexity index is 391. The number of aromatic nitrogens is 1. The quantitative estimate of drug-likeness (QED) is 0.862. The van der Waals surface area contributed by atoms with Gasteiger partial charge in [0.1, 0.15) is 0 Å². The van der Waals surface area contributed by atoms with E-state index in [9.17, 15) is 4.39 Å². The predicted octanol–water partition coefficient (Wildman–Crippen LogP) is 4.64. The zero-order chi connectivity index (χ0) is 13.0. The van der Waals surface area contributed by atoms with Gasteiger partial charge in [-0.1, -0.05) is 37.8 Å². The Balaban J connectivity index is 2.04. The van der Waals surface area contributed by atoms with E-state index >= 15 is 0 Å². The average Bonchev–Trinajstić information content (AvgIpc) is 2.39. The number of halogens is 2. The van der Waals surface area contributed by atoms with Crippen LogP contribution in [0.5, 0.6) is 0 Å². The second-order valence-corrected chi connectivity index (χ2v) is 5.48. The van der Waals surface area contributed by atoms with E-state index in [4.69, 9.17) is 11.6 Å². The predicted molar refractivity (Wildman–Crippen MR) is 73.5 cm³/mol. The molecule has 0 bridgehead atoms. The topological polar surface area (TPSA) is 24.9 Å². The highest BCUT2D eigenvalue weighted by Gasteiger charge is 2.23. The number of rotatable bonds is 4. The Morgan fingerprint density at radius 2 is 2.17 bits per heavy atom. The number of anilines is 1. The molecule has 0 aromatic carbocycles. The van der Waals surface area contributed by atoms with Crippen LogP contribution in [0, 0.1) is 11.7 Å². The fourth-order valence-corrected chi connectivity index (χ4v) is 2.93. The summed E-state index contributed by atoms with van der Waals surface area (Å²) in [5, 5.41) is 3.59.